The standard InChI is InChI=1S/C13H19ClN2O4S/c1-9-10(12(14)16(2)15-9)7-21(18,19)8-13(4-5-13)6-11(17)20-3/h4-8H2,1-3H3. The number of aromatic nitrogens is 2. The molecule has 1 aliphatic rings. The molecule has 0 atom stereocenters. The van der Waals surface area contributed by atoms with Crippen LogP contribution in [-0.2, 0) is 32.2 Å². The molecule has 0 amide bonds. The maximum absolute atomic E-state index is 12.4. The Morgan fingerprint density at radius 1 is 1.48 bits per heavy atom. The van der Waals surface area contributed by atoms with Crippen molar-refractivity contribution in [1.82, 2.24) is 9.78 Å². The van der Waals surface area contributed by atoms with Crippen LogP contribution in [0.3, 0.4) is 0 Å². The predicted octanol–water partition coefficient (Wildman–Crippen LogP) is 1.64. The lowest BCUT2D eigenvalue weighted by atomic mass is 10.1. The van der Waals surface area contributed by atoms with E-state index in [4.69, 9.17) is 11.6 Å². The number of aryl methyl sites for hydroxylation is 2. The number of halogens is 1. The number of carbonyl (C=O) groups excluding carboxylic acids is 1. The summed E-state index contributed by atoms with van der Waals surface area (Å²) < 4.78 is 30.9. The Balaban J connectivity index is 2.11. The van der Waals surface area contributed by atoms with E-state index in [1.165, 1.54) is 11.8 Å². The number of rotatable bonds is 6. The van der Waals surface area contributed by atoms with Gasteiger partial charge in [0, 0.05) is 12.6 Å². The number of hydrogen-bond donors (Lipinski definition) is 0. The number of esters is 1. The normalized spacial score (nSPS) is 16.8. The molecular weight excluding hydrogens is 316 g/mol. The second kappa shape index (κ2) is 5.61. The highest BCUT2D eigenvalue weighted by atomic mass is 35.5. The van der Waals surface area contributed by atoms with Crippen molar-refractivity contribution >= 4 is 27.4 Å². The molecule has 1 fully saturated rings. The van der Waals surface area contributed by atoms with Gasteiger partial charge in [-0.25, -0.2) is 8.42 Å². The summed E-state index contributed by atoms with van der Waals surface area (Å²) in [7, 11) is -0.378. The van der Waals surface area contributed by atoms with Crippen molar-refractivity contribution in [3.05, 3.63) is 16.4 Å². The summed E-state index contributed by atoms with van der Waals surface area (Å²) in [6.45, 7) is 1.73. The molecule has 0 unspecified atom stereocenters. The fraction of sp³-hybridized carbons (Fsp3) is 0.692. The second-order valence-corrected chi connectivity index (χ2v) is 8.19. The highest BCUT2D eigenvalue weighted by molar-refractivity contribution is 7.90. The average molecular weight is 335 g/mol. The van der Waals surface area contributed by atoms with E-state index in [1.807, 2.05) is 0 Å². The lowest BCUT2D eigenvalue weighted by molar-refractivity contribution is -0.141. The zero-order valence-corrected chi connectivity index (χ0v) is 13.9. The molecule has 0 aromatic carbocycles. The Morgan fingerprint density at radius 2 is 2.10 bits per heavy atom. The molecule has 1 aromatic heterocycles. The summed E-state index contributed by atoms with van der Waals surface area (Å²) in [6.07, 6.45) is 1.63. The maximum Gasteiger partial charge on any atom is 0.306 e. The smallest absolute Gasteiger partial charge is 0.306 e. The van der Waals surface area contributed by atoms with Crippen LogP contribution in [0.5, 0.6) is 0 Å². The monoisotopic (exact) mass is 334 g/mol. The van der Waals surface area contributed by atoms with Crippen LogP contribution in [0.2, 0.25) is 5.15 Å². The highest BCUT2D eigenvalue weighted by Crippen LogP contribution is 2.50. The van der Waals surface area contributed by atoms with E-state index in [0.717, 1.165) is 12.8 Å². The molecular formula is C13H19ClN2O4S. The zero-order valence-electron chi connectivity index (χ0n) is 12.3. The quantitative estimate of drug-likeness (QED) is 0.739. The third kappa shape index (κ3) is 3.77. The third-order valence-electron chi connectivity index (χ3n) is 3.86. The molecule has 0 aliphatic heterocycles. The molecule has 0 bridgehead atoms. The molecule has 6 nitrogen and oxygen atoms in total. The molecule has 2 rings (SSSR count). The number of ether oxygens (including phenoxy) is 1. The Hall–Kier alpha value is -1.08. The Labute approximate surface area is 129 Å². The number of methoxy groups -OCH3 is 1. The second-order valence-electron chi connectivity index (χ2n) is 5.76. The van der Waals surface area contributed by atoms with Gasteiger partial charge in [-0.1, -0.05) is 11.6 Å². The van der Waals surface area contributed by atoms with Crippen LogP contribution in [0.4, 0.5) is 0 Å². The number of sulfone groups is 1. The van der Waals surface area contributed by atoms with E-state index in [2.05, 4.69) is 9.84 Å². The average Bonchev–Trinajstić information content (AvgIpc) is 3.07. The summed E-state index contributed by atoms with van der Waals surface area (Å²) in [6, 6.07) is 0. The van der Waals surface area contributed by atoms with Gasteiger partial charge in [-0.2, -0.15) is 5.10 Å². The van der Waals surface area contributed by atoms with E-state index in [0.29, 0.717) is 16.4 Å². The minimum Gasteiger partial charge on any atom is -0.469 e. The molecule has 0 spiro atoms. The first-order valence-corrected chi connectivity index (χ1v) is 8.83. The molecule has 1 saturated carbocycles. The summed E-state index contributed by atoms with van der Waals surface area (Å²) in [5, 5.41) is 4.46. The summed E-state index contributed by atoms with van der Waals surface area (Å²) in [5.74, 6) is -0.521. The van der Waals surface area contributed by atoms with Crippen LogP contribution >= 0.6 is 11.6 Å². The highest BCUT2D eigenvalue weighted by Gasteiger charge is 2.48. The van der Waals surface area contributed by atoms with Gasteiger partial charge in [-0.3, -0.25) is 9.48 Å². The zero-order chi connectivity index (χ0) is 15.8. The Morgan fingerprint density at radius 3 is 2.52 bits per heavy atom. The van der Waals surface area contributed by atoms with Gasteiger partial charge in [-0.15, -0.1) is 0 Å². The van der Waals surface area contributed by atoms with Crippen LogP contribution in [0, 0.1) is 12.3 Å². The first-order valence-electron chi connectivity index (χ1n) is 6.63. The Kier molecular flexibility index (Phi) is 4.35. The molecule has 1 aromatic rings. The first-order chi connectivity index (χ1) is 9.68. The van der Waals surface area contributed by atoms with Gasteiger partial charge in [-0.05, 0) is 25.2 Å². The van der Waals surface area contributed by atoms with Crippen molar-refractivity contribution in [3.8, 4) is 0 Å². The van der Waals surface area contributed by atoms with Gasteiger partial charge < -0.3 is 4.74 Å². The largest absolute Gasteiger partial charge is 0.469 e. The van der Waals surface area contributed by atoms with E-state index in [9.17, 15) is 13.2 Å². The van der Waals surface area contributed by atoms with Gasteiger partial charge in [0.1, 0.15) is 5.15 Å². The molecule has 0 saturated heterocycles. The first kappa shape index (κ1) is 16.3. The van der Waals surface area contributed by atoms with Crippen LogP contribution in [-0.4, -0.2) is 37.0 Å². The van der Waals surface area contributed by atoms with Crippen molar-refractivity contribution in [2.24, 2.45) is 12.5 Å². The minimum absolute atomic E-state index is 0.0141. The number of carbonyl (C=O) groups is 1. The SMILES string of the molecule is COC(=O)CC1(CS(=O)(=O)Cc2c(C)nn(C)c2Cl)CC1. The summed E-state index contributed by atoms with van der Waals surface area (Å²) >= 11 is 6.08. The van der Waals surface area contributed by atoms with Gasteiger partial charge in [0.05, 0.1) is 30.7 Å². The van der Waals surface area contributed by atoms with Gasteiger partial charge in [0.25, 0.3) is 0 Å². The van der Waals surface area contributed by atoms with Crippen LogP contribution in [0.1, 0.15) is 30.5 Å². The van der Waals surface area contributed by atoms with Crippen molar-refractivity contribution < 1.29 is 17.9 Å². The molecule has 0 radical (unpaired) electrons. The van der Waals surface area contributed by atoms with Crippen LogP contribution < -0.4 is 0 Å². The molecule has 1 heterocycles. The van der Waals surface area contributed by atoms with E-state index in [1.54, 1.807) is 14.0 Å². The van der Waals surface area contributed by atoms with Crippen LogP contribution in [0.15, 0.2) is 0 Å². The predicted molar refractivity (Wildman–Crippen MR) is 78.7 cm³/mol. The fourth-order valence-electron chi connectivity index (χ4n) is 2.50. The van der Waals surface area contributed by atoms with Crippen molar-refractivity contribution in [2.45, 2.75) is 31.9 Å². The van der Waals surface area contributed by atoms with Crippen LogP contribution in [0.25, 0.3) is 0 Å². The number of nitrogens with zero attached hydrogens (tertiary/aromatic N) is 2. The van der Waals surface area contributed by atoms with E-state index >= 15 is 0 Å². The Bertz CT molecular complexity index is 662. The van der Waals surface area contributed by atoms with Gasteiger partial charge in [0.15, 0.2) is 9.84 Å². The number of hydrogen-bond acceptors (Lipinski definition) is 5. The lowest BCUT2D eigenvalue weighted by Gasteiger charge is -2.14. The molecule has 118 valence electrons. The third-order valence-corrected chi connectivity index (χ3v) is 6.12. The minimum atomic E-state index is -3.36. The van der Waals surface area contributed by atoms with Crippen molar-refractivity contribution in [3.63, 3.8) is 0 Å². The molecule has 1 aliphatic carbocycles. The van der Waals surface area contributed by atoms with Gasteiger partial charge >= 0.3 is 5.97 Å². The van der Waals surface area contributed by atoms with Crippen molar-refractivity contribution in [2.75, 3.05) is 12.9 Å². The topological polar surface area (TPSA) is 78.3 Å². The van der Waals surface area contributed by atoms with Crippen molar-refractivity contribution in [1.29, 1.82) is 0 Å². The summed E-state index contributed by atoms with van der Waals surface area (Å²) in [4.78, 5) is 11.4. The maximum atomic E-state index is 12.4. The van der Waals surface area contributed by atoms with Gasteiger partial charge in [0.2, 0.25) is 0 Å². The van der Waals surface area contributed by atoms with E-state index < -0.39 is 15.3 Å². The molecule has 21 heavy (non-hydrogen) atoms. The van der Waals surface area contributed by atoms with E-state index in [-0.39, 0.29) is 23.9 Å². The molecule has 8 heteroatoms. The fourth-order valence-corrected chi connectivity index (χ4v) is 5.03. The molecule has 0 N–H and O–H groups in total. The summed E-state index contributed by atoms with van der Waals surface area (Å²) in [5.41, 5.74) is 0.700. The lowest BCUT2D eigenvalue weighted by Crippen LogP contribution is -2.22.